The van der Waals surface area contributed by atoms with Crippen LogP contribution in [-0.4, -0.2) is 0 Å². The third-order valence-corrected chi connectivity index (χ3v) is 13.0. The Morgan fingerprint density at radius 2 is 0.889 bits per heavy atom. The normalized spacial score (nSPS) is 12.4. The molecular weight excluding hydrogens is 724 g/mol. The Hall–Kier alpha value is -2.78. The van der Waals surface area contributed by atoms with Gasteiger partial charge in [-0.3, -0.25) is 0 Å². The zero-order chi connectivity index (χ0) is 28.5. The summed E-state index contributed by atoms with van der Waals surface area (Å²) in [5.74, 6) is 1.97. The van der Waals surface area contributed by atoms with E-state index in [2.05, 4.69) is 172 Å². The van der Waals surface area contributed by atoms with E-state index in [0.717, 1.165) is 11.5 Å². The standard InChI is InChI=1S/C39H32OP2.2ClH.Pd/c1-39(2)34-27-26-33(41(29-16-7-3-8-17-29)30-18-9-4-10-19-30)28-36(34)40-38-35(39)24-15-25-37(38)42(31-20-11-5-12-21-31)32-22-13-6-14-23-32;;;/h3-28H,1-2H3;2*1H;/q;;;+2/p-2. The van der Waals surface area contributed by atoms with Crippen LogP contribution in [0, 0.1) is 0 Å². The molecule has 1 aliphatic rings. The maximum absolute atomic E-state index is 7.06. The summed E-state index contributed by atoms with van der Waals surface area (Å²) in [7, 11) is -1.53. The summed E-state index contributed by atoms with van der Waals surface area (Å²) in [6, 6.07) is 57.2. The summed E-state index contributed by atoms with van der Waals surface area (Å²) in [5, 5.41) is 7.89. The zero-order valence-corrected chi connectivity index (χ0v) is 29.7. The topological polar surface area (TPSA) is 9.23 Å². The third kappa shape index (κ3) is 6.85. The van der Waals surface area contributed by atoms with E-state index in [1.54, 1.807) is 0 Å². The maximum Gasteiger partial charge on any atom is 2.00 e. The number of para-hydroxylation sites is 1. The van der Waals surface area contributed by atoms with Gasteiger partial charge in [-0.1, -0.05) is 166 Å². The van der Waals surface area contributed by atoms with Crippen molar-refractivity contribution in [2.24, 2.45) is 0 Å². The van der Waals surface area contributed by atoms with Gasteiger partial charge in [0.1, 0.15) is 11.5 Å². The summed E-state index contributed by atoms with van der Waals surface area (Å²) in [6.07, 6.45) is 0. The monoisotopic (exact) mass is 754 g/mol. The van der Waals surface area contributed by atoms with Crippen molar-refractivity contribution in [2.75, 3.05) is 0 Å². The van der Waals surface area contributed by atoms with Gasteiger partial charge in [0.2, 0.25) is 0 Å². The van der Waals surface area contributed by atoms with Crippen molar-refractivity contribution >= 4 is 47.7 Å². The average Bonchev–Trinajstić information content (AvgIpc) is 3.04. The van der Waals surface area contributed by atoms with Gasteiger partial charge in [0, 0.05) is 21.8 Å². The summed E-state index contributed by atoms with van der Waals surface area (Å²) in [4.78, 5) is 0. The molecule has 6 aromatic rings. The number of hydrogen-bond donors (Lipinski definition) is 0. The smallest absolute Gasteiger partial charge is 1.00 e. The average molecular weight is 756 g/mol. The first-order valence-electron chi connectivity index (χ1n) is 14.4. The number of halogens is 2. The van der Waals surface area contributed by atoms with E-state index in [9.17, 15) is 0 Å². The largest absolute Gasteiger partial charge is 2.00 e. The summed E-state index contributed by atoms with van der Waals surface area (Å²) in [6.45, 7) is 4.67. The molecule has 6 heteroatoms. The van der Waals surface area contributed by atoms with Gasteiger partial charge in [-0.05, 0) is 48.4 Å². The second kappa shape index (κ2) is 15.2. The number of hydrogen-bond acceptors (Lipinski definition) is 1. The summed E-state index contributed by atoms with van der Waals surface area (Å²) < 4.78 is 7.06. The third-order valence-electron chi connectivity index (χ3n) is 8.07. The van der Waals surface area contributed by atoms with Gasteiger partial charge in [-0.15, -0.1) is 0 Å². The molecule has 0 saturated heterocycles. The summed E-state index contributed by atoms with van der Waals surface area (Å²) >= 11 is 0. The zero-order valence-electron chi connectivity index (χ0n) is 24.9. The van der Waals surface area contributed by atoms with Gasteiger partial charge in [0.15, 0.2) is 0 Å². The molecule has 0 spiro atoms. The van der Waals surface area contributed by atoms with E-state index in [1.807, 2.05) is 0 Å². The fraction of sp³-hybridized carbons (Fsp3) is 0.0769. The van der Waals surface area contributed by atoms with Crippen LogP contribution in [0.25, 0.3) is 0 Å². The fourth-order valence-corrected chi connectivity index (χ4v) is 10.7. The molecule has 0 aliphatic carbocycles. The van der Waals surface area contributed by atoms with Crippen LogP contribution >= 0.6 is 15.8 Å². The number of ether oxygens (including phenoxy) is 1. The first-order valence-corrected chi connectivity index (χ1v) is 17.1. The van der Waals surface area contributed by atoms with Crippen LogP contribution < -0.4 is 61.4 Å². The van der Waals surface area contributed by atoms with Gasteiger partial charge < -0.3 is 29.6 Å². The van der Waals surface area contributed by atoms with Gasteiger partial charge >= 0.3 is 20.4 Å². The molecule has 0 radical (unpaired) electrons. The van der Waals surface area contributed by atoms with Crippen molar-refractivity contribution in [2.45, 2.75) is 19.3 Å². The Bertz CT molecular complexity index is 1760. The van der Waals surface area contributed by atoms with E-state index >= 15 is 0 Å². The molecule has 0 bridgehead atoms. The van der Waals surface area contributed by atoms with Crippen molar-refractivity contribution in [1.29, 1.82) is 0 Å². The Balaban J connectivity index is 0.00000154. The quantitative estimate of drug-likeness (QED) is 0.186. The minimum atomic E-state index is -0.805. The molecule has 7 rings (SSSR count). The first-order chi connectivity index (χ1) is 20.6. The predicted octanol–water partition coefficient (Wildman–Crippen LogP) is 1.64. The number of rotatable bonds is 6. The van der Waals surface area contributed by atoms with E-state index < -0.39 is 15.8 Å². The number of fused-ring (bicyclic) bond motifs is 2. The molecule has 45 heavy (non-hydrogen) atoms. The van der Waals surface area contributed by atoms with Crippen LogP contribution in [0.15, 0.2) is 158 Å². The minimum absolute atomic E-state index is 0. The minimum Gasteiger partial charge on any atom is -1.00 e. The Morgan fingerprint density at radius 1 is 0.444 bits per heavy atom. The van der Waals surface area contributed by atoms with Gasteiger partial charge in [0.25, 0.3) is 0 Å². The second-order valence-electron chi connectivity index (χ2n) is 11.1. The van der Waals surface area contributed by atoms with Gasteiger partial charge in [-0.25, -0.2) is 0 Å². The molecule has 1 heterocycles. The maximum atomic E-state index is 7.06. The molecule has 0 amide bonds. The number of benzene rings is 6. The van der Waals surface area contributed by atoms with E-state index in [-0.39, 0.29) is 50.7 Å². The van der Waals surface area contributed by atoms with Crippen LogP contribution in [-0.2, 0) is 25.8 Å². The van der Waals surface area contributed by atoms with Crippen LogP contribution in [0.2, 0.25) is 0 Å². The van der Waals surface area contributed by atoms with Crippen LogP contribution in [0.4, 0.5) is 0 Å². The van der Waals surface area contributed by atoms with Crippen molar-refractivity contribution in [3.05, 3.63) is 169 Å². The molecule has 1 nitrogen and oxygen atoms in total. The Labute approximate surface area is 295 Å². The predicted molar refractivity (Wildman–Crippen MR) is 182 cm³/mol. The SMILES string of the molecule is CC1(C)c2ccc(P(c3ccccc3)c3ccccc3)cc2Oc2c(P(c3ccccc3)c3ccccc3)cccc21.[Cl-].[Cl-].[Pd+2]. The molecule has 6 aromatic carbocycles. The molecule has 0 unspecified atom stereocenters. The van der Waals surface area contributed by atoms with Crippen LogP contribution in [0.1, 0.15) is 25.0 Å². The van der Waals surface area contributed by atoms with Crippen molar-refractivity contribution in [3.8, 4) is 11.5 Å². The second-order valence-corrected chi connectivity index (χ2v) is 15.5. The molecule has 228 valence electrons. The van der Waals surface area contributed by atoms with Crippen LogP contribution in [0.5, 0.6) is 11.5 Å². The van der Waals surface area contributed by atoms with Crippen molar-refractivity contribution in [1.82, 2.24) is 0 Å². The van der Waals surface area contributed by atoms with Crippen molar-refractivity contribution < 1.29 is 50.0 Å². The Kier molecular flexibility index (Phi) is 11.9. The fourth-order valence-electron chi connectivity index (χ4n) is 5.99. The molecule has 0 saturated carbocycles. The molecule has 0 atom stereocenters. The van der Waals surface area contributed by atoms with Crippen LogP contribution in [0.3, 0.4) is 0 Å². The molecule has 1 aliphatic heterocycles. The molecule has 0 aromatic heterocycles. The molecule has 0 fully saturated rings. The molecule has 0 N–H and O–H groups in total. The summed E-state index contributed by atoms with van der Waals surface area (Å²) in [5.41, 5.74) is 2.28. The Morgan fingerprint density at radius 3 is 1.36 bits per heavy atom. The molecular formula is C39H32Cl2OP2Pd. The first kappa shape index (κ1) is 35.1. The van der Waals surface area contributed by atoms with Gasteiger partial charge in [-0.2, -0.15) is 0 Å². The van der Waals surface area contributed by atoms with Crippen molar-refractivity contribution in [3.63, 3.8) is 0 Å². The van der Waals surface area contributed by atoms with E-state index in [0.29, 0.717) is 0 Å². The van der Waals surface area contributed by atoms with Gasteiger partial charge in [0.05, 0.1) is 0 Å². The van der Waals surface area contributed by atoms with E-state index in [4.69, 9.17) is 4.74 Å². The van der Waals surface area contributed by atoms with E-state index in [1.165, 1.54) is 43.0 Å².